The van der Waals surface area contributed by atoms with Crippen LogP contribution in [0.15, 0.2) is 70.2 Å². The van der Waals surface area contributed by atoms with Crippen LogP contribution in [0.4, 0.5) is 0 Å². The van der Waals surface area contributed by atoms with E-state index in [1.165, 1.54) is 31.3 Å². The third kappa shape index (κ3) is 6.81. The normalized spacial score (nSPS) is 11.9. The van der Waals surface area contributed by atoms with Gasteiger partial charge in [0.15, 0.2) is 17.6 Å². The molecule has 0 saturated carbocycles. The number of halogens is 2. The smallest absolute Gasteiger partial charge is 0.344 e. The average Bonchev–Trinajstić information content (AvgIpc) is 3.51. The highest BCUT2D eigenvalue weighted by atomic mass is 35.5. The predicted octanol–water partition coefficient (Wildman–Crippen LogP) is 6.19. The van der Waals surface area contributed by atoms with E-state index in [1.54, 1.807) is 6.07 Å². The van der Waals surface area contributed by atoms with E-state index in [-0.39, 0.29) is 28.2 Å². The second-order valence-corrected chi connectivity index (χ2v) is 9.43. The Balaban J connectivity index is 1.31. The number of furan rings is 1. The summed E-state index contributed by atoms with van der Waals surface area (Å²) in [6, 6.07) is 18.0. The lowest BCUT2D eigenvalue weighted by atomic mass is 10.2. The standard InChI is InChI=1S/C28H25Cl2N3O6/c1-16-4-5-17(2)33(16)20-6-8-21(9-7-20)37-15-22-10-11-25(39-22)27(34)32-31-14-19-12-23(29)26(24(30)13-19)38-18(3)28(35)36/h4-14,18H,15H2,1-3H3,(H,32,34)(H,35,36)/b31-14+/t18-/m0/s1. The van der Waals surface area contributed by atoms with Crippen molar-refractivity contribution in [2.75, 3.05) is 0 Å². The molecular formula is C28H25Cl2N3O6. The molecule has 0 unspecified atom stereocenters. The van der Waals surface area contributed by atoms with Gasteiger partial charge in [-0.05, 0) is 87.0 Å². The third-order valence-corrected chi connectivity index (χ3v) is 6.24. The van der Waals surface area contributed by atoms with Gasteiger partial charge in [-0.1, -0.05) is 23.2 Å². The number of carbonyl (C=O) groups excluding carboxylic acids is 1. The average molecular weight is 570 g/mol. The third-order valence-electron chi connectivity index (χ3n) is 5.68. The topological polar surface area (TPSA) is 115 Å². The van der Waals surface area contributed by atoms with E-state index >= 15 is 0 Å². The van der Waals surface area contributed by atoms with Gasteiger partial charge in [0.2, 0.25) is 0 Å². The lowest BCUT2D eigenvalue weighted by molar-refractivity contribution is -0.144. The number of aromatic nitrogens is 1. The van der Waals surface area contributed by atoms with Crippen LogP contribution >= 0.6 is 23.2 Å². The van der Waals surface area contributed by atoms with Crippen LogP contribution in [0.5, 0.6) is 11.5 Å². The molecule has 0 radical (unpaired) electrons. The highest BCUT2D eigenvalue weighted by molar-refractivity contribution is 6.37. The van der Waals surface area contributed by atoms with Crippen LogP contribution in [0.3, 0.4) is 0 Å². The summed E-state index contributed by atoms with van der Waals surface area (Å²) in [4.78, 5) is 23.4. The van der Waals surface area contributed by atoms with Crippen molar-refractivity contribution in [1.82, 2.24) is 9.99 Å². The van der Waals surface area contributed by atoms with E-state index in [0.717, 1.165) is 17.1 Å². The van der Waals surface area contributed by atoms with E-state index in [2.05, 4.69) is 41.1 Å². The number of carboxylic acids is 1. The molecular weight excluding hydrogens is 545 g/mol. The molecule has 2 aromatic heterocycles. The van der Waals surface area contributed by atoms with Gasteiger partial charge >= 0.3 is 11.9 Å². The molecule has 0 aliphatic rings. The molecule has 4 aromatic rings. The molecule has 0 bridgehead atoms. The molecule has 39 heavy (non-hydrogen) atoms. The van der Waals surface area contributed by atoms with Crippen molar-refractivity contribution in [2.45, 2.75) is 33.5 Å². The Labute approximate surface area is 234 Å². The van der Waals surface area contributed by atoms with Crippen molar-refractivity contribution < 1.29 is 28.6 Å². The highest BCUT2D eigenvalue weighted by Gasteiger charge is 2.18. The Bertz CT molecular complexity index is 1480. The van der Waals surface area contributed by atoms with Gasteiger partial charge in [0.1, 0.15) is 18.1 Å². The molecule has 1 atom stereocenters. The summed E-state index contributed by atoms with van der Waals surface area (Å²) in [5, 5.41) is 13.1. The summed E-state index contributed by atoms with van der Waals surface area (Å²) < 4.78 is 18.8. The number of aliphatic carboxylic acids is 1. The Kier molecular flexibility index (Phi) is 8.63. The monoisotopic (exact) mass is 569 g/mol. The van der Waals surface area contributed by atoms with Gasteiger partial charge in [-0.15, -0.1) is 0 Å². The van der Waals surface area contributed by atoms with E-state index in [9.17, 15) is 9.59 Å². The number of amides is 1. The first kappa shape index (κ1) is 27.8. The number of hydrazone groups is 1. The molecule has 0 saturated heterocycles. The fourth-order valence-corrected chi connectivity index (χ4v) is 4.31. The molecule has 2 aromatic carbocycles. The number of carboxylic acid groups (broad SMARTS) is 1. The number of hydrogen-bond donors (Lipinski definition) is 2. The van der Waals surface area contributed by atoms with Crippen molar-refractivity contribution in [1.29, 1.82) is 0 Å². The number of nitrogens with zero attached hydrogens (tertiary/aromatic N) is 2. The van der Waals surface area contributed by atoms with Crippen molar-refractivity contribution >= 4 is 41.3 Å². The number of nitrogens with one attached hydrogen (secondary N) is 1. The molecule has 0 spiro atoms. The summed E-state index contributed by atoms with van der Waals surface area (Å²) in [6.45, 7) is 5.61. The second kappa shape index (κ2) is 12.1. The maximum absolute atomic E-state index is 12.4. The maximum atomic E-state index is 12.4. The SMILES string of the molecule is Cc1ccc(C)n1-c1ccc(OCc2ccc(C(=O)N/N=C/c3cc(Cl)c(O[C@@H](C)C(=O)O)c(Cl)c3)o2)cc1. The minimum atomic E-state index is -1.16. The number of aryl methyl sites for hydroxylation is 2. The zero-order valence-corrected chi connectivity index (χ0v) is 22.8. The lowest BCUT2D eigenvalue weighted by Gasteiger charge is -2.13. The first-order valence-corrected chi connectivity index (χ1v) is 12.6. The number of rotatable bonds is 10. The highest BCUT2D eigenvalue weighted by Crippen LogP contribution is 2.34. The first-order valence-electron chi connectivity index (χ1n) is 11.8. The zero-order chi connectivity index (χ0) is 28.1. The Hall–Kier alpha value is -4.21. The van der Waals surface area contributed by atoms with Crippen LogP contribution in [0, 0.1) is 13.8 Å². The minimum absolute atomic E-state index is 0.0433. The van der Waals surface area contributed by atoms with E-state index in [0.29, 0.717) is 17.1 Å². The second-order valence-electron chi connectivity index (χ2n) is 8.61. The largest absolute Gasteiger partial charge is 0.486 e. The minimum Gasteiger partial charge on any atom is -0.486 e. The van der Waals surface area contributed by atoms with Crippen molar-refractivity contribution in [2.24, 2.45) is 5.10 Å². The molecule has 4 rings (SSSR count). The van der Waals surface area contributed by atoms with Gasteiger partial charge in [0.25, 0.3) is 0 Å². The maximum Gasteiger partial charge on any atom is 0.344 e. The summed E-state index contributed by atoms with van der Waals surface area (Å²) in [6.07, 6.45) is 0.194. The number of ether oxygens (including phenoxy) is 2. The molecule has 2 N–H and O–H groups in total. The van der Waals surface area contributed by atoms with Crippen molar-refractivity contribution in [3.05, 3.63) is 99.2 Å². The fourth-order valence-electron chi connectivity index (χ4n) is 3.71. The fraction of sp³-hybridized carbons (Fsp3) is 0.179. The molecule has 0 fully saturated rings. The summed E-state index contributed by atoms with van der Waals surface area (Å²) in [5.74, 6) is -0.486. The quantitative estimate of drug-likeness (QED) is 0.174. The molecule has 0 aliphatic carbocycles. The number of carbonyl (C=O) groups is 2. The molecule has 9 nitrogen and oxygen atoms in total. The molecule has 202 valence electrons. The van der Waals surface area contributed by atoms with E-state index < -0.39 is 18.0 Å². The Morgan fingerprint density at radius 3 is 2.31 bits per heavy atom. The van der Waals surface area contributed by atoms with Gasteiger partial charge < -0.3 is 23.6 Å². The lowest BCUT2D eigenvalue weighted by Crippen LogP contribution is -2.23. The van der Waals surface area contributed by atoms with E-state index in [1.807, 2.05) is 24.3 Å². The van der Waals surface area contributed by atoms with Gasteiger partial charge in [0.05, 0.1) is 16.3 Å². The van der Waals surface area contributed by atoms with Gasteiger partial charge in [-0.3, -0.25) is 4.79 Å². The summed E-state index contributed by atoms with van der Waals surface area (Å²) in [7, 11) is 0. The van der Waals surface area contributed by atoms with Crippen LogP contribution in [0.25, 0.3) is 5.69 Å². The Morgan fingerprint density at radius 1 is 1.05 bits per heavy atom. The van der Waals surface area contributed by atoms with Crippen molar-refractivity contribution in [3.63, 3.8) is 0 Å². The molecule has 0 aliphatic heterocycles. The Morgan fingerprint density at radius 2 is 1.69 bits per heavy atom. The van der Waals surface area contributed by atoms with Crippen LogP contribution < -0.4 is 14.9 Å². The molecule has 1 amide bonds. The number of benzene rings is 2. The summed E-state index contributed by atoms with van der Waals surface area (Å²) >= 11 is 12.3. The van der Waals surface area contributed by atoms with Gasteiger partial charge in [-0.25, -0.2) is 10.2 Å². The van der Waals surface area contributed by atoms with E-state index in [4.69, 9.17) is 42.2 Å². The number of hydrogen-bond acceptors (Lipinski definition) is 6. The van der Waals surface area contributed by atoms with Gasteiger partial charge in [-0.2, -0.15) is 5.10 Å². The molecule has 2 heterocycles. The first-order chi connectivity index (χ1) is 18.6. The van der Waals surface area contributed by atoms with Crippen LogP contribution in [0.1, 0.15) is 40.2 Å². The zero-order valence-electron chi connectivity index (χ0n) is 21.3. The van der Waals surface area contributed by atoms with Crippen LogP contribution in [0.2, 0.25) is 10.0 Å². The molecule has 11 heteroatoms. The van der Waals surface area contributed by atoms with Crippen molar-refractivity contribution in [3.8, 4) is 17.2 Å². The predicted molar refractivity (Wildman–Crippen MR) is 148 cm³/mol. The van der Waals surface area contributed by atoms with Gasteiger partial charge in [0, 0.05) is 17.1 Å². The van der Waals surface area contributed by atoms with Crippen LogP contribution in [-0.4, -0.2) is 33.9 Å². The van der Waals surface area contributed by atoms with Crippen LogP contribution in [-0.2, 0) is 11.4 Å². The summed E-state index contributed by atoms with van der Waals surface area (Å²) in [5.41, 5.74) is 6.16.